The third-order valence-electron chi connectivity index (χ3n) is 4.14. The summed E-state index contributed by atoms with van der Waals surface area (Å²) in [7, 11) is -3.79. The van der Waals surface area contributed by atoms with Crippen molar-refractivity contribution in [1.82, 2.24) is 14.2 Å². The molecule has 0 bridgehead atoms. The molecule has 146 valence electrons. The molecule has 1 aromatic heterocycles. The number of carboxylic acid groups (broad SMARTS) is 1. The number of sulfonamides is 1. The number of hydrogen-bond donors (Lipinski definition) is 1. The summed E-state index contributed by atoms with van der Waals surface area (Å²) < 4.78 is 37.4. The van der Waals surface area contributed by atoms with Crippen molar-refractivity contribution in [2.45, 2.75) is 18.7 Å². The van der Waals surface area contributed by atoms with E-state index in [2.05, 4.69) is 9.88 Å². The number of aromatic carboxylic acids is 1. The zero-order valence-corrected chi connectivity index (χ0v) is 15.9. The number of carboxylic acids is 1. The highest BCUT2D eigenvalue weighted by Gasteiger charge is 2.30. The standard InChI is InChI=1S/C16H25N3O6S/c1-3-18-5-7-19(8-6-18)26(22,23)13-11-14(16(20)21)15(17-12-13)25-10-9-24-4-2/h11-12H,3-10H2,1-2H3,(H,20,21). The Labute approximate surface area is 153 Å². The zero-order chi connectivity index (χ0) is 19.2. The molecule has 2 heterocycles. The van der Waals surface area contributed by atoms with Crippen molar-refractivity contribution in [2.75, 3.05) is 52.5 Å². The van der Waals surface area contributed by atoms with Gasteiger partial charge in [0.15, 0.2) is 0 Å². The van der Waals surface area contributed by atoms with E-state index in [0.29, 0.717) is 39.4 Å². The van der Waals surface area contributed by atoms with Crippen LogP contribution in [0.1, 0.15) is 24.2 Å². The zero-order valence-electron chi connectivity index (χ0n) is 15.0. The molecule has 0 atom stereocenters. The van der Waals surface area contributed by atoms with Crippen LogP contribution in [-0.2, 0) is 14.8 Å². The van der Waals surface area contributed by atoms with E-state index in [1.165, 1.54) is 4.31 Å². The lowest BCUT2D eigenvalue weighted by Crippen LogP contribution is -2.48. The van der Waals surface area contributed by atoms with Crippen molar-refractivity contribution in [3.05, 3.63) is 17.8 Å². The number of pyridine rings is 1. The lowest BCUT2D eigenvalue weighted by atomic mass is 10.3. The van der Waals surface area contributed by atoms with Crippen LogP contribution in [0.4, 0.5) is 0 Å². The summed E-state index contributed by atoms with van der Waals surface area (Å²) in [6.07, 6.45) is 1.14. The Balaban J connectivity index is 2.18. The van der Waals surface area contributed by atoms with Crippen LogP contribution in [0, 0.1) is 0 Å². The van der Waals surface area contributed by atoms with E-state index < -0.39 is 16.0 Å². The molecule has 9 nitrogen and oxygen atoms in total. The average Bonchev–Trinajstić information content (AvgIpc) is 2.65. The fourth-order valence-corrected chi connectivity index (χ4v) is 4.01. The van der Waals surface area contributed by atoms with Crippen LogP contribution < -0.4 is 4.74 Å². The molecule has 0 radical (unpaired) electrons. The molecule has 26 heavy (non-hydrogen) atoms. The molecule has 0 amide bonds. The van der Waals surface area contributed by atoms with Crippen molar-refractivity contribution < 1.29 is 27.8 Å². The van der Waals surface area contributed by atoms with Gasteiger partial charge in [-0.25, -0.2) is 18.2 Å². The predicted octanol–water partition coefficient (Wildman–Crippen LogP) is 0.521. The molecular weight excluding hydrogens is 362 g/mol. The molecule has 1 aromatic rings. The fraction of sp³-hybridized carbons (Fsp3) is 0.625. The lowest BCUT2D eigenvalue weighted by Gasteiger charge is -2.33. The molecule has 1 aliphatic rings. The topological polar surface area (TPSA) is 109 Å². The molecule has 0 aromatic carbocycles. The predicted molar refractivity (Wildman–Crippen MR) is 94.1 cm³/mol. The quantitative estimate of drug-likeness (QED) is 0.611. The Morgan fingerprint density at radius 1 is 1.23 bits per heavy atom. The molecule has 10 heteroatoms. The SMILES string of the molecule is CCOCCOc1ncc(S(=O)(=O)N2CCN(CC)CC2)cc1C(=O)O. The van der Waals surface area contributed by atoms with Crippen LogP contribution in [0.15, 0.2) is 17.2 Å². The number of aromatic nitrogens is 1. The van der Waals surface area contributed by atoms with E-state index in [1.54, 1.807) is 0 Å². The minimum Gasteiger partial charge on any atom is -0.477 e. The van der Waals surface area contributed by atoms with Gasteiger partial charge in [-0.2, -0.15) is 4.31 Å². The first-order chi connectivity index (χ1) is 12.4. The number of piperazine rings is 1. The number of likely N-dealkylation sites (N-methyl/N-ethyl adjacent to an activating group) is 1. The van der Waals surface area contributed by atoms with Crippen LogP contribution in [-0.4, -0.2) is 86.2 Å². The number of rotatable bonds is 9. The van der Waals surface area contributed by atoms with E-state index in [1.807, 2.05) is 13.8 Å². The molecular formula is C16H25N3O6S. The Kier molecular flexibility index (Phi) is 7.33. The Hall–Kier alpha value is -1.75. The van der Waals surface area contributed by atoms with E-state index in [0.717, 1.165) is 18.8 Å². The second kappa shape index (κ2) is 9.26. The van der Waals surface area contributed by atoms with Gasteiger partial charge < -0.3 is 19.5 Å². The second-order valence-corrected chi connectivity index (χ2v) is 7.65. The highest BCUT2D eigenvalue weighted by Crippen LogP contribution is 2.23. The summed E-state index contributed by atoms with van der Waals surface area (Å²) in [5.74, 6) is -1.41. The van der Waals surface area contributed by atoms with Crippen LogP contribution >= 0.6 is 0 Å². The average molecular weight is 387 g/mol. The number of nitrogens with zero attached hydrogens (tertiary/aromatic N) is 3. The van der Waals surface area contributed by atoms with Crippen LogP contribution in [0.2, 0.25) is 0 Å². The second-order valence-electron chi connectivity index (χ2n) is 5.71. The number of hydrogen-bond acceptors (Lipinski definition) is 7. The van der Waals surface area contributed by atoms with Crippen molar-refractivity contribution in [1.29, 1.82) is 0 Å². The Morgan fingerprint density at radius 3 is 2.50 bits per heavy atom. The molecule has 0 aliphatic carbocycles. The molecule has 1 fully saturated rings. The van der Waals surface area contributed by atoms with Gasteiger partial charge in [-0.3, -0.25) is 0 Å². The number of ether oxygens (including phenoxy) is 2. The molecule has 0 spiro atoms. The summed E-state index contributed by atoms with van der Waals surface area (Å²) >= 11 is 0. The molecule has 2 rings (SSSR count). The van der Waals surface area contributed by atoms with E-state index in [-0.39, 0.29) is 22.9 Å². The van der Waals surface area contributed by atoms with E-state index in [4.69, 9.17) is 9.47 Å². The summed E-state index contributed by atoms with van der Waals surface area (Å²) in [6, 6.07) is 1.10. The van der Waals surface area contributed by atoms with E-state index in [9.17, 15) is 18.3 Å². The van der Waals surface area contributed by atoms with Crippen molar-refractivity contribution >= 4 is 16.0 Å². The van der Waals surface area contributed by atoms with Crippen molar-refractivity contribution in [3.8, 4) is 5.88 Å². The summed E-state index contributed by atoms with van der Waals surface area (Å²) in [4.78, 5) is 17.4. The Bertz CT molecular complexity index is 717. The van der Waals surface area contributed by atoms with Crippen LogP contribution in [0.25, 0.3) is 0 Å². The van der Waals surface area contributed by atoms with Gasteiger partial charge in [0.1, 0.15) is 17.1 Å². The largest absolute Gasteiger partial charge is 0.477 e. The summed E-state index contributed by atoms with van der Waals surface area (Å²) in [6.45, 7) is 7.69. The highest BCUT2D eigenvalue weighted by atomic mass is 32.2. The van der Waals surface area contributed by atoms with Gasteiger partial charge in [0.25, 0.3) is 0 Å². The maximum atomic E-state index is 12.8. The monoisotopic (exact) mass is 387 g/mol. The van der Waals surface area contributed by atoms with Gasteiger partial charge in [-0.1, -0.05) is 6.92 Å². The van der Waals surface area contributed by atoms with Gasteiger partial charge in [-0.15, -0.1) is 0 Å². The van der Waals surface area contributed by atoms with Gasteiger partial charge in [0.2, 0.25) is 15.9 Å². The van der Waals surface area contributed by atoms with E-state index >= 15 is 0 Å². The minimum atomic E-state index is -3.79. The first-order valence-corrected chi connectivity index (χ1v) is 10.0. The number of carbonyl (C=O) groups is 1. The first-order valence-electron chi connectivity index (χ1n) is 8.56. The first kappa shape index (κ1) is 20.6. The lowest BCUT2D eigenvalue weighted by molar-refractivity contribution is 0.0684. The molecule has 0 saturated carbocycles. The summed E-state index contributed by atoms with van der Waals surface area (Å²) in [5, 5.41) is 9.37. The van der Waals surface area contributed by atoms with Crippen molar-refractivity contribution in [2.24, 2.45) is 0 Å². The van der Waals surface area contributed by atoms with Gasteiger partial charge in [0.05, 0.1) is 12.8 Å². The van der Waals surface area contributed by atoms with Crippen LogP contribution in [0.5, 0.6) is 5.88 Å². The summed E-state index contributed by atoms with van der Waals surface area (Å²) in [5.41, 5.74) is -0.283. The van der Waals surface area contributed by atoms with Crippen molar-refractivity contribution in [3.63, 3.8) is 0 Å². The third-order valence-corrected chi connectivity index (χ3v) is 6.01. The van der Waals surface area contributed by atoms with Gasteiger partial charge in [0, 0.05) is 32.8 Å². The maximum absolute atomic E-state index is 12.8. The molecule has 0 unspecified atom stereocenters. The minimum absolute atomic E-state index is 0.119. The molecule has 1 saturated heterocycles. The smallest absolute Gasteiger partial charge is 0.341 e. The Morgan fingerprint density at radius 2 is 1.92 bits per heavy atom. The molecule has 1 N–H and O–H groups in total. The van der Waals surface area contributed by atoms with Gasteiger partial charge >= 0.3 is 5.97 Å². The normalized spacial score (nSPS) is 16.5. The van der Waals surface area contributed by atoms with Gasteiger partial charge in [-0.05, 0) is 19.5 Å². The van der Waals surface area contributed by atoms with Crippen LogP contribution in [0.3, 0.4) is 0 Å². The molecule has 1 aliphatic heterocycles. The third kappa shape index (κ3) is 4.91. The maximum Gasteiger partial charge on any atom is 0.341 e. The highest BCUT2D eigenvalue weighted by molar-refractivity contribution is 7.89. The fourth-order valence-electron chi connectivity index (χ4n) is 2.62.